The van der Waals surface area contributed by atoms with Crippen molar-refractivity contribution in [2.75, 3.05) is 0 Å². The van der Waals surface area contributed by atoms with E-state index in [0.29, 0.717) is 40.2 Å². The van der Waals surface area contributed by atoms with Crippen molar-refractivity contribution < 1.29 is 23.4 Å². The molecule has 232 valence electrons. The number of aromatic nitrogens is 4. The van der Waals surface area contributed by atoms with Gasteiger partial charge in [0.15, 0.2) is 0 Å². The molecule has 1 fully saturated rings. The van der Waals surface area contributed by atoms with Crippen molar-refractivity contribution in [3.8, 4) is 23.2 Å². The fourth-order valence-corrected chi connectivity index (χ4v) is 5.85. The number of carboxylic acids is 1. The lowest BCUT2D eigenvalue weighted by Crippen LogP contribution is -2.18. The molecule has 0 unspecified atom stereocenters. The third-order valence-corrected chi connectivity index (χ3v) is 8.64. The first-order chi connectivity index (χ1) is 22.8. The molecule has 10 heteroatoms. The lowest BCUT2D eigenvalue weighted by Gasteiger charge is -2.19. The number of nitriles is 1. The van der Waals surface area contributed by atoms with Gasteiger partial charge in [0.25, 0.3) is 0 Å². The smallest absolute Gasteiger partial charge is 0.335 e. The zero-order valence-corrected chi connectivity index (χ0v) is 25.0. The Morgan fingerprint density at radius 1 is 0.957 bits per heavy atom. The standard InChI is InChI=1S/C37H27F2N5O3/c38-29-15-23(19-40)6-7-27(29)21-47-35-5-1-4-31(43-35)25-9-8-24(30(39)16-25)18-34-42-32-11-10-26(36(45)46)17-33(32)44(34)22-37(12-13-37)28-3-2-14-41-20-28/h1-11,14-17,20H,12-13,18,21-22H2,(H,45,46). The average Bonchev–Trinajstić information content (AvgIpc) is 3.81. The van der Waals surface area contributed by atoms with E-state index in [4.69, 9.17) is 15.0 Å². The van der Waals surface area contributed by atoms with Crippen molar-refractivity contribution >= 4 is 17.0 Å². The van der Waals surface area contributed by atoms with Gasteiger partial charge < -0.3 is 14.4 Å². The van der Waals surface area contributed by atoms with Crippen LogP contribution in [0.1, 0.15) is 51.3 Å². The molecule has 47 heavy (non-hydrogen) atoms. The Morgan fingerprint density at radius 2 is 1.79 bits per heavy atom. The molecule has 8 nitrogen and oxygen atoms in total. The highest BCUT2D eigenvalue weighted by atomic mass is 19.1. The Morgan fingerprint density at radius 3 is 2.51 bits per heavy atom. The number of nitrogens with zero attached hydrogens (tertiary/aromatic N) is 5. The van der Waals surface area contributed by atoms with Crippen molar-refractivity contribution in [2.24, 2.45) is 0 Å². The van der Waals surface area contributed by atoms with Gasteiger partial charge in [-0.3, -0.25) is 4.98 Å². The van der Waals surface area contributed by atoms with E-state index in [0.717, 1.165) is 24.5 Å². The summed E-state index contributed by atoms with van der Waals surface area (Å²) in [6.07, 6.45) is 5.71. The third-order valence-electron chi connectivity index (χ3n) is 8.64. The summed E-state index contributed by atoms with van der Waals surface area (Å²) in [6.45, 7) is 0.481. The molecule has 3 aromatic carbocycles. The summed E-state index contributed by atoms with van der Waals surface area (Å²) in [5, 5.41) is 18.6. The number of carbonyl (C=O) groups is 1. The normalized spacial score (nSPS) is 13.3. The lowest BCUT2D eigenvalue weighted by molar-refractivity contribution is 0.0697. The summed E-state index contributed by atoms with van der Waals surface area (Å²) in [4.78, 5) is 25.4. The molecule has 6 aromatic rings. The maximum absolute atomic E-state index is 15.7. The SMILES string of the molecule is N#Cc1ccc(COc2cccc(-c3ccc(Cc4nc5ccc(C(=O)O)cc5n4CC4(c5cccnc5)CC4)c(F)c3)n2)c(F)c1. The van der Waals surface area contributed by atoms with Crippen LogP contribution in [0.5, 0.6) is 5.88 Å². The first kappa shape index (κ1) is 29.7. The molecule has 1 N–H and O–H groups in total. The maximum Gasteiger partial charge on any atom is 0.335 e. The van der Waals surface area contributed by atoms with E-state index < -0.39 is 17.6 Å². The van der Waals surface area contributed by atoms with Crippen LogP contribution in [-0.2, 0) is 25.0 Å². The van der Waals surface area contributed by atoms with Crippen molar-refractivity contribution in [3.05, 3.63) is 143 Å². The Kier molecular flexibility index (Phi) is 7.66. The number of pyridine rings is 2. The fourth-order valence-electron chi connectivity index (χ4n) is 5.85. The van der Waals surface area contributed by atoms with E-state index in [1.165, 1.54) is 24.3 Å². The predicted octanol–water partition coefficient (Wildman–Crippen LogP) is 7.24. The zero-order valence-electron chi connectivity index (χ0n) is 25.0. The van der Waals surface area contributed by atoms with Gasteiger partial charge in [0, 0.05) is 48.0 Å². The molecule has 1 aliphatic rings. The number of hydrogen-bond acceptors (Lipinski definition) is 6. The summed E-state index contributed by atoms with van der Waals surface area (Å²) in [6, 6.07) is 24.9. The highest BCUT2D eigenvalue weighted by molar-refractivity contribution is 5.92. The molecule has 0 saturated heterocycles. The fraction of sp³-hybridized carbons (Fsp3) is 0.162. The number of aromatic carboxylic acids is 1. The molecule has 3 aromatic heterocycles. The molecule has 1 saturated carbocycles. The van der Waals surface area contributed by atoms with Gasteiger partial charge >= 0.3 is 5.97 Å². The van der Waals surface area contributed by atoms with E-state index >= 15 is 4.39 Å². The van der Waals surface area contributed by atoms with Gasteiger partial charge in [-0.1, -0.05) is 30.3 Å². The van der Waals surface area contributed by atoms with Crippen LogP contribution >= 0.6 is 0 Å². The van der Waals surface area contributed by atoms with Crippen LogP contribution in [0.25, 0.3) is 22.3 Å². The highest BCUT2D eigenvalue weighted by Crippen LogP contribution is 2.50. The number of fused-ring (bicyclic) bond motifs is 1. The van der Waals surface area contributed by atoms with Crippen LogP contribution in [0.2, 0.25) is 0 Å². The van der Waals surface area contributed by atoms with Crippen LogP contribution in [0.15, 0.2) is 97.3 Å². The summed E-state index contributed by atoms with van der Waals surface area (Å²) in [5.74, 6) is -1.13. The first-order valence-electron chi connectivity index (χ1n) is 15.0. The second-order valence-electron chi connectivity index (χ2n) is 11.7. The van der Waals surface area contributed by atoms with Crippen LogP contribution in [-0.4, -0.2) is 30.6 Å². The van der Waals surface area contributed by atoms with Crippen molar-refractivity contribution in [1.82, 2.24) is 19.5 Å². The summed E-state index contributed by atoms with van der Waals surface area (Å²) >= 11 is 0. The number of benzene rings is 3. The Bertz CT molecular complexity index is 2190. The van der Waals surface area contributed by atoms with Crippen LogP contribution in [0.3, 0.4) is 0 Å². The maximum atomic E-state index is 15.7. The van der Waals surface area contributed by atoms with Gasteiger partial charge in [-0.05, 0) is 72.5 Å². The largest absolute Gasteiger partial charge is 0.478 e. The van der Waals surface area contributed by atoms with Crippen LogP contribution in [0, 0.1) is 23.0 Å². The quantitative estimate of drug-likeness (QED) is 0.170. The second kappa shape index (κ2) is 12.1. The minimum absolute atomic E-state index is 0.0850. The highest BCUT2D eigenvalue weighted by Gasteiger charge is 2.45. The average molecular weight is 628 g/mol. The second-order valence-corrected chi connectivity index (χ2v) is 11.7. The van der Waals surface area contributed by atoms with E-state index in [-0.39, 0.29) is 41.0 Å². The number of halogens is 2. The number of ether oxygens (including phenoxy) is 1. The summed E-state index contributed by atoms with van der Waals surface area (Å²) in [7, 11) is 0. The molecule has 0 spiro atoms. The van der Waals surface area contributed by atoms with Gasteiger partial charge in [0.05, 0.1) is 33.9 Å². The minimum atomic E-state index is -1.03. The summed E-state index contributed by atoms with van der Waals surface area (Å²) < 4.78 is 37.7. The molecule has 0 aliphatic heterocycles. The number of carboxylic acid groups (broad SMARTS) is 1. The molecular formula is C37H27F2N5O3. The van der Waals surface area contributed by atoms with E-state index in [9.17, 15) is 14.3 Å². The molecule has 0 amide bonds. The van der Waals surface area contributed by atoms with Gasteiger partial charge in [0.2, 0.25) is 5.88 Å². The van der Waals surface area contributed by atoms with Crippen molar-refractivity contribution in [1.29, 1.82) is 5.26 Å². The molecule has 0 bridgehead atoms. The predicted molar refractivity (Wildman–Crippen MR) is 170 cm³/mol. The lowest BCUT2D eigenvalue weighted by atomic mass is 9.97. The molecular weight excluding hydrogens is 600 g/mol. The Hall–Kier alpha value is -5.95. The summed E-state index contributed by atoms with van der Waals surface area (Å²) in [5.41, 5.74) is 4.40. The molecule has 0 radical (unpaired) electrons. The van der Waals surface area contributed by atoms with Crippen LogP contribution < -0.4 is 4.74 Å². The molecule has 1 aliphatic carbocycles. The monoisotopic (exact) mass is 627 g/mol. The Balaban J connectivity index is 1.15. The third kappa shape index (κ3) is 6.03. The Labute approximate surface area is 268 Å². The molecule has 7 rings (SSSR count). The van der Waals surface area contributed by atoms with E-state index in [1.54, 1.807) is 48.7 Å². The zero-order chi connectivity index (χ0) is 32.5. The number of hydrogen-bond donors (Lipinski definition) is 1. The molecule has 0 atom stereocenters. The van der Waals surface area contributed by atoms with Gasteiger partial charge in [-0.2, -0.15) is 5.26 Å². The topological polar surface area (TPSA) is 114 Å². The van der Waals surface area contributed by atoms with Crippen molar-refractivity contribution in [3.63, 3.8) is 0 Å². The van der Waals surface area contributed by atoms with Crippen LogP contribution in [0.4, 0.5) is 8.78 Å². The first-order valence-corrected chi connectivity index (χ1v) is 15.0. The van der Waals surface area contributed by atoms with E-state index in [1.807, 2.05) is 22.9 Å². The van der Waals surface area contributed by atoms with Gasteiger partial charge in [-0.15, -0.1) is 0 Å². The number of imidazole rings is 1. The molecule has 3 heterocycles. The van der Waals surface area contributed by atoms with Gasteiger partial charge in [-0.25, -0.2) is 23.5 Å². The van der Waals surface area contributed by atoms with E-state index in [2.05, 4.69) is 16.0 Å². The number of rotatable bonds is 10. The minimum Gasteiger partial charge on any atom is -0.478 e. The van der Waals surface area contributed by atoms with Gasteiger partial charge in [0.1, 0.15) is 24.1 Å². The van der Waals surface area contributed by atoms with Crippen molar-refractivity contribution in [2.45, 2.75) is 37.8 Å².